The van der Waals surface area contributed by atoms with Crippen LogP contribution in [0.15, 0.2) is 0 Å². The normalized spacial score (nSPS) is 29.1. The molecule has 3 aliphatic rings. The van der Waals surface area contributed by atoms with Gasteiger partial charge in [-0.25, -0.2) is 0 Å². The first-order chi connectivity index (χ1) is 14.1. The minimum absolute atomic E-state index is 0.0474. The molecule has 0 aromatic carbocycles. The second kappa shape index (κ2) is 11.7. The zero-order valence-corrected chi connectivity index (χ0v) is 19.3. The number of nitrogens with zero attached hydrogens (tertiary/aromatic N) is 2. The number of carbonyl (C=O) groups excluding carboxylic acids is 1. The molecule has 0 bridgehead atoms. The molecule has 0 aromatic rings. The van der Waals surface area contributed by atoms with E-state index >= 15 is 0 Å². The van der Waals surface area contributed by atoms with Crippen LogP contribution in [0.4, 0.5) is 0 Å². The van der Waals surface area contributed by atoms with E-state index in [1.807, 2.05) is 0 Å². The summed E-state index contributed by atoms with van der Waals surface area (Å²) in [5.74, 6) is 0.248. The monoisotopic (exact) mass is 406 g/mol. The number of piperidine rings is 1. The first-order valence-electron chi connectivity index (χ1n) is 12.6. The van der Waals surface area contributed by atoms with E-state index < -0.39 is 0 Å². The molecule has 2 aliphatic heterocycles. The molecule has 168 valence electrons. The number of amides is 1. The minimum Gasteiger partial charge on any atom is -0.353 e. The molecule has 0 spiro atoms. The van der Waals surface area contributed by atoms with Crippen molar-refractivity contribution >= 4 is 5.91 Å². The van der Waals surface area contributed by atoms with Crippen LogP contribution in [0.3, 0.4) is 0 Å². The zero-order chi connectivity index (χ0) is 20.6. The molecule has 29 heavy (non-hydrogen) atoms. The molecule has 2 heterocycles. The predicted molar refractivity (Wildman–Crippen MR) is 121 cm³/mol. The van der Waals surface area contributed by atoms with Crippen LogP contribution < -0.4 is 10.6 Å². The lowest BCUT2D eigenvalue weighted by atomic mass is 9.96. The minimum atomic E-state index is 0.0474. The first kappa shape index (κ1) is 23.0. The van der Waals surface area contributed by atoms with Gasteiger partial charge in [0.2, 0.25) is 5.91 Å². The van der Waals surface area contributed by atoms with Crippen molar-refractivity contribution in [1.29, 1.82) is 0 Å². The Morgan fingerprint density at radius 2 is 1.62 bits per heavy atom. The summed E-state index contributed by atoms with van der Waals surface area (Å²) in [5.41, 5.74) is 0. The van der Waals surface area contributed by atoms with Crippen LogP contribution in [0.2, 0.25) is 0 Å². The molecule has 0 radical (unpaired) electrons. The molecule has 3 fully saturated rings. The molecule has 5 nitrogen and oxygen atoms in total. The van der Waals surface area contributed by atoms with Crippen molar-refractivity contribution in [2.75, 3.05) is 26.2 Å². The number of likely N-dealkylation sites (tertiary alicyclic amines) is 2. The second-order valence-corrected chi connectivity index (χ2v) is 10.1. The van der Waals surface area contributed by atoms with Crippen LogP contribution in [0, 0.1) is 0 Å². The Hall–Kier alpha value is -0.650. The van der Waals surface area contributed by atoms with Gasteiger partial charge in [-0.2, -0.15) is 0 Å². The van der Waals surface area contributed by atoms with Gasteiger partial charge in [-0.3, -0.25) is 9.69 Å². The number of hydrogen-bond donors (Lipinski definition) is 2. The van der Waals surface area contributed by atoms with E-state index in [1.54, 1.807) is 0 Å². The highest BCUT2D eigenvalue weighted by atomic mass is 16.2. The molecule has 1 aliphatic carbocycles. The lowest BCUT2D eigenvalue weighted by molar-refractivity contribution is -0.127. The Kier molecular flexibility index (Phi) is 9.26. The Labute approximate surface area is 179 Å². The van der Waals surface area contributed by atoms with Crippen LogP contribution in [0.1, 0.15) is 91.4 Å². The van der Waals surface area contributed by atoms with Crippen LogP contribution in [0.25, 0.3) is 0 Å². The Balaban J connectivity index is 1.60. The third-order valence-corrected chi connectivity index (χ3v) is 7.22. The first-order valence-corrected chi connectivity index (χ1v) is 12.6. The van der Waals surface area contributed by atoms with Gasteiger partial charge in [0.25, 0.3) is 0 Å². The molecule has 1 saturated carbocycles. The number of rotatable bonds is 7. The summed E-state index contributed by atoms with van der Waals surface area (Å²) in [4.78, 5) is 18.2. The van der Waals surface area contributed by atoms with Gasteiger partial charge in [-0.1, -0.05) is 39.0 Å². The van der Waals surface area contributed by atoms with Crippen molar-refractivity contribution in [2.24, 2.45) is 0 Å². The number of nitrogens with one attached hydrogen (secondary N) is 2. The lowest BCUT2D eigenvalue weighted by Crippen LogP contribution is -2.52. The van der Waals surface area contributed by atoms with Gasteiger partial charge in [0.05, 0.1) is 6.04 Å². The van der Waals surface area contributed by atoms with E-state index in [-0.39, 0.29) is 18.0 Å². The van der Waals surface area contributed by atoms with Crippen LogP contribution in [-0.2, 0) is 4.79 Å². The highest BCUT2D eigenvalue weighted by molar-refractivity contribution is 5.82. The molecule has 0 aromatic heterocycles. The van der Waals surface area contributed by atoms with Gasteiger partial charge in [-0.05, 0) is 72.0 Å². The quantitative estimate of drug-likeness (QED) is 0.679. The summed E-state index contributed by atoms with van der Waals surface area (Å²) < 4.78 is 0. The van der Waals surface area contributed by atoms with E-state index in [0.29, 0.717) is 18.1 Å². The smallest absolute Gasteiger partial charge is 0.237 e. The Morgan fingerprint density at radius 3 is 2.24 bits per heavy atom. The van der Waals surface area contributed by atoms with E-state index in [1.165, 1.54) is 83.8 Å². The summed E-state index contributed by atoms with van der Waals surface area (Å²) in [7, 11) is 0. The molecule has 3 rings (SSSR count). The molecular formula is C24H46N4O. The van der Waals surface area contributed by atoms with Gasteiger partial charge in [-0.15, -0.1) is 0 Å². The fourth-order valence-corrected chi connectivity index (χ4v) is 5.77. The largest absolute Gasteiger partial charge is 0.353 e. The van der Waals surface area contributed by atoms with Crippen molar-refractivity contribution in [2.45, 2.75) is 122 Å². The van der Waals surface area contributed by atoms with Gasteiger partial charge in [0.1, 0.15) is 0 Å². The number of carbonyl (C=O) groups is 1. The highest BCUT2D eigenvalue weighted by Crippen LogP contribution is 2.28. The van der Waals surface area contributed by atoms with Crippen molar-refractivity contribution in [3.05, 3.63) is 0 Å². The Morgan fingerprint density at radius 1 is 0.966 bits per heavy atom. The maximum absolute atomic E-state index is 13.0. The third-order valence-electron chi connectivity index (χ3n) is 7.22. The lowest BCUT2D eigenvalue weighted by Gasteiger charge is -2.39. The summed E-state index contributed by atoms with van der Waals surface area (Å²) in [6.45, 7) is 11.1. The van der Waals surface area contributed by atoms with Crippen molar-refractivity contribution < 1.29 is 4.79 Å². The third kappa shape index (κ3) is 6.93. The van der Waals surface area contributed by atoms with Crippen LogP contribution >= 0.6 is 0 Å². The SMILES string of the molecule is CCCN1CCC(N2C[C@H](NC3CCCCCCC3)C[C@H]2C(=O)NC(C)C)CC1. The Bertz CT molecular complexity index is 481. The predicted octanol–water partition coefficient (Wildman–Crippen LogP) is 3.53. The number of hydrogen-bond acceptors (Lipinski definition) is 4. The maximum atomic E-state index is 13.0. The standard InChI is InChI=1S/C24H46N4O/c1-4-14-27-15-12-22(13-16-27)28-18-21(17-23(28)24(29)25-19(2)3)26-20-10-8-6-5-7-9-11-20/h19-23,26H,4-18H2,1-3H3,(H,25,29)/t21-,23+/m1/s1. The second-order valence-electron chi connectivity index (χ2n) is 10.1. The summed E-state index contributed by atoms with van der Waals surface area (Å²) in [6, 6.07) is 1.95. The van der Waals surface area contributed by atoms with Crippen molar-refractivity contribution in [3.63, 3.8) is 0 Å². The van der Waals surface area contributed by atoms with E-state index in [2.05, 4.69) is 41.2 Å². The van der Waals surface area contributed by atoms with Crippen LogP contribution in [0.5, 0.6) is 0 Å². The summed E-state index contributed by atoms with van der Waals surface area (Å²) in [6.07, 6.45) is 14.2. The molecule has 2 N–H and O–H groups in total. The average Bonchev–Trinajstić information content (AvgIpc) is 3.08. The molecule has 2 saturated heterocycles. The van der Waals surface area contributed by atoms with E-state index in [0.717, 1.165) is 13.0 Å². The zero-order valence-electron chi connectivity index (χ0n) is 19.3. The summed E-state index contributed by atoms with van der Waals surface area (Å²) >= 11 is 0. The fraction of sp³-hybridized carbons (Fsp3) is 0.958. The molecule has 5 heteroatoms. The van der Waals surface area contributed by atoms with E-state index in [4.69, 9.17) is 0 Å². The summed E-state index contributed by atoms with van der Waals surface area (Å²) in [5, 5.41) is 7.20. The molecular weight excluding hydrogens is 360 g/mol. The maximum Gasteiger partial charge on any atom is 0.237 e. The average molecular weight is 407 g/mol. The topological polar surface area (TPSA) is 47.6 Å². The van der Waals surface area contributed by atoms with Gasteiger partial charge >= 0.3 is 0 Å². The van der Waals surface area contributed by atoms with E-state index in [9.17, 15) is 4.79 Å². The molecule has 1 amide bonds. The van der Waals surface area contributed by atoms with Gasteiger partial charge in [0, 0.05) is 30.7 Å². The van der Waals surface area contributed by atoms with Crippen molar-refractivity contribution in [1.82, 2.24) is 20.4 Å². The molecule has 2 atom stereocenters. The van der Waals surface area contributed by atoms with Crippen molar-refractivity contribution in [3.8, 4) is 0 Å². The van der Waals surface area contributed by atoms with Gasteiger partial charge < -0.3 is 15.5 Å². The van der Waals surface area contributed by atoms with Crippen LogP contribution in [-0.4, -0.2) is 72.1 Å². The van der Waals surface area contributed by atoms with Gasteiger partial charge in [0.15, 0.2) is 0 Å². The highest BCUT2D eigenvalue weighted by Gasteiger charge is 2.41. The fourth-order valence-electron chi connectivity index (χ4n) is 5.77. The molecule has 0 unspecified atom stereocenters.